The standard InChI is InChI=1S/C21H28O4/c1-2-24-21(23)13-11-17-4-3-5-20(12-10-17)25-16-19-8-6-18(7-9-19)14-15-22/h4-10,12,21-23H,2-3,11,13-16H2,1H3. The van der Waals surface area contributed by atoms with Gasteiger partial charge in [-0.1, -0.05) is 42.0 Å². The monoisotopic (exact) mass is 344 g/mol. The topological polar surface area (TPSA) is 58.9 Å². The minimum absolute atomic E-state index is 0.171. The van der Waals surface area contributed by atoms with E-state index in [1.165, 1.54) is 5.57 Å². The lowest BCUT2D eigenvalue weighted by Gasteiger charge is -2.10. The fourth-order valence-electron chi connectivity index (χ4n) is 2.61. The van der Waals surface area contributed by atoms with Crippen molar-refractivity contribution in [1.29, 1.82) is 0 Å². The Bertz CT molecular complexity index is 599. The van der Waals surface area contributed by atoms with Crippen LogP contribution in [-0.2, 0) is 22.5 Å². The van der Waals surface area contributed by atoms with Crippen LogP contribution in [0, 0.1) is 0 Å². The highest BCUT2D eigenvalue weighted by Gasteiger charge is 2.06. The van der Waals surface area contributed by atoms with Gasteiger partial charge in [0.2, 0.25) is 0 Å². The summed E-state index contributed by atoms with van der Waals surface area (Å²) in [7, 11) is 0. The summed E-state index contributed by atoms with van der Waals surface area (Å²) in [6.45, 7) is 3.09. The molecule has 1 aliphatic rings. The van der Waals surface area contributed by atoms with Crippen molar-refractivity contribution in [2.75, 3.05) is 13.2 Å². The average molecular weight is 344 g/mol. The smallest absolute Gasteiger partial charge is 0.154 e. The summed E-state index contributed by atoms with van der Waals surface area (Å²) in [5, 5.41) is 18.6. The van der Waals surface area contributed by atoms with Crippen molar-refractivity contribution in [3.8, 4) is 0 Å². The predicted octanol–water partition coefficient (Wildman–Crippen LogP) is 3.64. The maximum Gasteiger partial charge on any atom is 0.154 e. The zero-order valence-corrected chi connectivity index (χ0v) is 14.9. The van der Waals surface area contributed by atoms with Gasteiger partial charge in [0.1, 0.15) is 12.4 Å². The molecular formula is C21H28O4. The number of allylic oxidation sites excluding steroid dienone is 5. The van der Waals surface area contributed by atoms with Crippen molar-refractivity contribution in [3.05, 3.63) is 71.0 Å². The van der Waals surface area contributed by atoms with Crippen molar-refractivity contribution in [3.63, 3.8) is 0 Å². The summed E-state index contributed by atoms with van der Waals surface area (Å²) in [4.78, 5) is 0. The summed E-state index contributed by atoms with van der Waals surface area (Å²) < 4.78 is 11.0. The van der Waals surface area contributed by atoms with E-state index in [2.05, 4.69) is 12.2 Å². The molecule has 1 aromatic carbocycles. The highest BCUT2D eigenvalue weighted by molar-refractivity contribution is 5.30. The summed E-state index contributed by atoms with van der Waals surface area (Å²) >= 11 is 0. The molecule has 25 heavy (non-hydrogen) atoms. The third-order valence-corrected chi connectivity index (χ3v) is 4.03. The van der Waals surface area contributed by atoms with E-state index in [0.717, 1.165) is 29.7 Å². The van der Waals surface area contributed by atoms with Crippen LogP contribution in [0.5, 0.6) is 0 Å². The Morgan fingerprint density at radius 3 is 2.52 bits per heavy atom. The Morgan fingerprint density at radius 1 is 1.04 bits per heavy atom. The first-order valence-electron chi connectivity index (χ1n) is 8.89. The quantitative estimate of drug-likeness (QED) is 0.636. The van der Waals surface area contributed by atoms with Gasteiger partial charge in [-0.3, -0.25) is 0 Å². The third kappa shape index (κ3) is 7.26. The molecule has 4 heteroatoms. The second kappa shape index (κ2) is 10.9. The van der Waals surface area contributed by atoms with Gasteiger partial charge in [0, 0.05) is 19.6 Å². The number of hydrogen-bond donors (Lipinski definition) is 2. The van der Waals surface area contributed by atoms with Gasteiger partial charge in [0.25, 0.3) is 0 Å². The van der Waals surface area contributed by atoms with Crippen molar-refractivity contribution >= 4 is 0 Å². The molecule has 136 valence electrons. The van der Waals surface area contributed by atoms with Crippen LogP contribution in [0.2, 0.25) is 0 Å². The zero-order chi connectivity index (χ0) is 17.9. The van der Waals surface area contributed by atoms with Crippen LogP contribution in [0.4, 0.5) is 0 Å². The molecule has 4 nitrogen and oxygen atoms in total. The van der Waals surface area contributed by atoms with Crippen LogP contribution in [0.15, 0.2) is 59.9 Å². The summed E-state index contributed by atoms with van der Waals surface area (Å²) in [6, 6.07) is 8.11. The van der Waals surface area contributed by atoms with Crippen LogP contribution >= 0.6 is 0 Å². The largest absolute Gasteiger partial charge is 0.489 e. The van der Waals surface area contributed by atoms with Gasteiger partial charge in [-0.05, 0) is 49.5 Å². The summed E-state index contributed by atoms with van der Waals surface area (Å²) in [5.41, 5.74) is 3.41. The molecule has 2 rings (SSSR count). The Kier molecular flexibility index (Phi) is 8.46. The van der Waals surface area contributed by atoms with Crippen LogP contribution in [-0.4, -0.2) is 29.7 Å². The number of aliphatic hydroxyl groups is 2. The van der Waals surface area contributed by atoms with E-state index in [-0.39, 0.29) is 6.61 Å². The van der Waals surface area contributed by atoms with Gasteiger partial charge < -0.3 is 19.7 Å². The molecule has 2 N–H and O–H groups in total. The van der Waals surface area contributed by atoms with Crippen LogP contribution in [0.25, 0.3) is 0 Å². The molecule has 0 heterocycles. The first-order valence-corrected chi connectivity index (χ1v) is 8.89. The minimum Gasteiger partial charge on any atom is -0.489 e. The third-order valence-electron chi connectivity index (χ3n) is 4.03. The van der Waals surface area contributed by atoms with E-state index in [1.54, 1.807) is 0 Å². The molecule has 1 atom stereocenters. The van der Waals surface area contributed by atoms with Crippen molar-refractivity contribution in [1.82, 2.24) is 0 Å². The predicted molar refractivity (Wildman–Crippen MR) is 98.8 cm³/mol. The van der Waals surface area contributed by atoms with E-state index in [4.69, 9.17) is 14.6 Å². The lowest BCUT2D eigenvalue weighted by molar-refractivity contribution is -0.0978. The van der Waals surface area contributed by atoms with Gasteiger partial charge >= 0.3 is 0 Å². The fourth-order valence-corrected chi connectivity index (χ4v) is 2.61. The molecule has 0 radical (unpaired) electrons. The van der Waals surface area contributed by atoms with E-state index in [9.17, 15) is 5.11 Å². The first kappa shape index (κ1) is 19.4. The van der Waals surface area contributed by atoms with Gasteiger partial charge in [-0.25, -0.2) is 0 Å². The number of hydrogen-bond acceptors (Lipinski definition) is 4. The lowest BCUT2D eigenvalue weighted by Crippen LogP contribution is -2.11. The van der Waals surface area contributed by atoms with E-state index in [0.29, 0.717) is 26.1 Å². The van der Waals surface area contributed by atoms with Gasteiger partial charge in [0.15, 0.2) is 6.29 Å². The van der Waals surface area contributed by atoms with Crippen molar-refractivity contribution < 1.29 is 19.7 Å². The molecule has 0 spiro atoms. The van der Waals surface area contributed by atoms with E-state index >= 15 is 0 Å². The Labute approximate surface area is 150 Å². The molecule has 0 aromatic heterocycles. The molecule has 1 aromatic rings. The molecular weight excluding hydrogens is 316 g/mol. The summed E-state index contributed by atoms with van der Waals surface area (Å²) in [6.07, 6.45) is 10.4. The molecule has 1 unspecified atom stereocenters. The van der Waals surface area contributed by atoms with E-state index in [1.807, 2.05) is 43.3 Å². The second-order valence-corrected chi connectivity index (χ2v) is 5.98. The molecule has 1 aliphatic carbocycles. The molecule has 0 amide bonds. The average Bonchev–Trinajstić information content (AvgIpc) is 2.85. The molecule has 0 aliphatic heterocycles. The molecule has 0 bridgehead atoms. The number of ether oxygens (including phenoxy) is 2. The van der Waals surface area contributed by atoms with Gasteiger partial charge in [-0.15, -0.1) is 0 Å². The number of rotatable bonds is 10. The Morgan fingerprint density at radius 2 is 1.80 bits per heavy atom. The SMILES string of the molecule is CCOC(O)CCC1=CCC=C(OCc2ccc(CCO)cc2)C=C1. The molecule has 0 saturated heterocycles. The van der Waals surface area contributed by atoms with Gasteiger partial charge in [0.05, 0.1) is 0 Å². The van der Waals surface area contributed by atoms with Gasteiger partial charge in [-0.2, -0.15) is 0 Å². The molecule has 0 saturated carbocycles. The van der Waals surface area contributed by atoms with E-state index < -0.39 is 6.29 Å². The second-order valence-electron chi connectivity index (χ2n) is 5.98. The number of benzene rings is 1. The van der Waals surface area contributed by atoms with Crippen LogP contribution in [0.1, 0.15) is 37.3 Å². The fraction of sp³-hybridized carbons (Fsp3) is 0.429. The lowest BCUT2D eigenvalue weighted by atomic mass is 10.1. The van der Waals surface area contributed by atoms with Crippen molar-refractivity contribution in [2.45, 2.75) is 45.5 Å². The number of aliphatic hydroxyl groups excluding tert-OH is 2. The minimum atomic E-state index is -0.694. The zero-order valence-electron chi connectivity index (χ0n) is 14.9. The van der Waals surface area contributed by atoms with Crippen LogP contribution in [0.3, 0.4) is 0 Å². The van der Waals surface area contributed by atoms with Crippen LogP contribution < -0.4 is 0 Å². The summed E-state index contributed by atoms with van der Waals surface area (Å²) in [5.74, 6) is 0.857. The first-order chi connectivity index (χ1) is 12.2. The Balaban J connectivity index is 1.78. The Hall–Kier alpha value is -1.88. The highest BCUT2D eigenvalue weighted by Crippen LogP contribution is 2.18. The maximum atomic E-state index is 9.64. The molecule has 0 fully saturated rings. The van der Waals surface area contributed by atoms with Crippen molar-refractivity contribution in [2.24, 2.45) is 0 Å². The normalized spacial score (nSPS) is 15.3. The maximum absolute atomic E-state index is 9.64. The highest BCUT2D eigenvalue weighted by atomic mass is 16.6.